The van der Waals surface area contributed by atoms with E-state index in [0.29, 0.717) is 48.6 Å². The van der Waals surface area contributed by atoms with Crippen molar-refractivity contribution < 1.29 is 9.53 Å². The minimum Gasteiger partial charge on any atom is -0.375 e. The van der Waals surface area contributed by atoms with Gasteiger partial charge in [-0.15, -0.1) is 10.2 Å². The number of likely N-dealkylation sites (N-methyl/N-ethyl adjacent to an activating group) is 1. The van der Waals surface area contributed by atoms with Crippen LogP contribution in [0.15, 0.2) is 54.9 Å². The second-order valence-electron chi connectivity index (χ2n) is 10.1. The topological polar surface area (TPSA) is 89.5 Å². The Morgan fingerprint density at radius 3 is 2.72 bits per heavy atom. The second-order valence-corrected chi connectivity index (χ2v) is 10.1. The highest BCUT2D eigenvalue weighted by Gasteiger charge is 2.32. The Morgan fingerprint density at radius 2 is 1.97 bits per heavy atom. The summed E-state index contributed by atoms with van der Waals surface area (Å²) in [6.45, 7) is 9.85. The summed E-state index contributed by atoms with van der Waals surface area (Å²) in [7, 11) is 3.78. The highest BCUT2D eigenvalue weighted by molar-refractivity contribution is 6.10. The van der Waals surface area contributed by atoms with E-state index < -0.39 is 0 Å². The summed E-state index contributed by atoms with van der Waals surface area (Å²) < 4.78 is 7.56. The molecule has 2 aliphatic rings. The molecule has 6 rings (SSSR count). The Labute approximate surface area is 227 Å². The molecule has 39 heavy (non-hydrogen) atoms. The third kappa shape index (κ3) is 4.92. The molecule has 196 valence electrons. The van der Waals surface area contributed by atoms with Crippen LogP contribution < -0.4 is 10.2 Å². The summed E-state index contributed by atoms with van der Waals surface area (Å²) in [6, 6.07) is 15.7. The number of pyridine rings is 1. The van der Waals surface area contributed by atoms with Crippen LogP contribution in [0.1, 0.15) is 45.9 Å². The van der Waals surface area contributed by atoms with E-state index in [9.17, 15) is 4.79 Å². The molecule has 0 atom stereocenters. The van der Waals surface area contributed by atoms with Crippen molar-refractivity contribution in [3.8, 4) is 22.5 Å². The average Bonchev–Trinajstić information content (AvgIpc) is 3.65. The van der Waals surface area contributed by atoms with Gasteiger partial charge >= 0.3 is 0 Å². The number of carbonyl (C=O) groups excluding carboxylic acids is 1. The lowest BCUT2D eigenvalue weighted by Gasteiger charge is -2.18. The quantitative estimate of drug-likeness (QED) is 0.251. The molecule has 4 aromatic rings. The van der Waals surface area contributed by atoms with Gasteiger partial charge in [-0.05, 0) is 66.4 Å². The maximum Gasteiger partial charge on any atom is 0.260 e. The predicted molar refractivity (Wildman–Crippen MR) is 148 cm³/mol. The first-order chi connectivity index (χ1) is 19.1. The minimum absolute atomic E-state index is 0.0506. The zero-order chi connectivity index (χ0) is 26.9. The predicted octanol–water partition coefficient (Wildman–Crippen LogP) is 4.87. The summed E-state index contributed by atoms with van der Waals surface area (Å²) >= 11 is 0. The van der Waals surface area contributed by atoms with Crippen LogP contribution >= 0.6 is 0 Å². The molecule has 1 saturated carbocycles. The zero-order valence-corrected chi connectivity index (χ0v) is 22.0. The summed E-state index contributed by atoms with van der Waals surface area (Å²) in [5.41, 5.74) is 6.88. The van der Waals surface area contributed by atoms with Gasteiger partial charge in [-0.2, -0.15) is 0 Å². The summed E-state index contributed by atoms with van der Waals surface area (Å²) in [5.74, 6) is 1.66. The summed E-state index contributed by atoms with van der Waals surface area (Å²) in [6.07, 6.45) is 3.83. The van der Waals surface area contributed by atoms with Gasteiger partial charge in [0.25, 0.3) is 5.91 Å². The number of nitrogens with one attached hydrogen (secondary N) is 1. The molecule has 1 amide bonds. The third-order valence-electron chi connectivity index (χ3n) is 7.24. The van der Waals surface area contributed by atoms with E-state index in [2.05, 4.69) is 26.4 Å². The molecule has 0 saturated heterocycles. The fourth-order valence-corrected chi connectivity index (χ4v) is 4.97. The molecule has 9 nitrogen and oxygen atoms in total. The Bertz CT molecular complexity index is 1600. The molecule has 9 heteroatoms. The summed E-state index contributed by atoms with van der Waals surface area (Å²) in [4.78, 5) is 24.0. The molecule has 1 N–H and O–H groups in total. The molecule has 0 spiro atoms. The highest BCUT2D eigenvalue weighted by atomic mass is 16.5. The van der Waals surface area contributed by atoms with Gasteiger partial charge in [0.15, 0.2) is 11.5 Å². The normalized spacial score (nSPS) is 14.5. The van der Waals surface area contributed by atoms with Gasteiger partial charge in [-0.3, -0.25) is 9.69 Å². The molecule has 0 unspecified atom stereocenters. The number of hydrogen-bond acceptors (Lipinski definition) is 6. The van der Waals surface area contributed by atoms with E-state index in [-0.39, 0.29) is 5.91 Å². The monoisotopic (exact) mass is 519 g/mol. The number of aryl methyl sites for hydroxylation is 1. The van der Waals surface area contributed by atoms with Gasteiger partial charge in [0.05, 0.1) is 26.3 Å². The van der Waals surface area contributed by atoms with E-state index in [1.165, 1.54) is 0 Å². The number of rotatable bonds is 9. The number of carbonyl (C=O) groups is 1. The molecular weight excluding hydrogens is 490 g/mol. The first kappa shape index (κ1) is 24.9. The summed E-state index contributed by atoms with van der Waals surface area (Å²) in [5, 5.41) is 11.4. The van der Waals surface area contributed by atoms with Gasteiger partial charge in [0, 0.05) is 36.3 Å². The fourth-order valence-electron chi connectivity index (χ4n) is 4.97. The fraction of sp³-hybridized carbons (Fsp3) is 0.300. The van der Waals surface area contributed by atoms with E-state index in [0.717, 1.165) is 52.9 Å². The van der Waals surface area contributed by atoms with Gasteiger partial charge < -0.3 is 14.6 Å². The SMILES string of the molecule is [C-]#[N+]c1ccc(-c2cc(C3CC3)nc(N3Cc4ccc(COCCNC)cc4C3=O)c2)c(-c2nncn2C)c1. The van der Waals surface area contributed by atoms with Crippen LogP contribution in [0, 0.1) is 6.57 Å². The number of ether oxygens (including phenoxy) is 1. The molecule has 2 aromatic carbocycles. The molecule has 0 bridgehead atoms. The third-order valence-corrected chi connectivity index (χ3v) is 7.24. The van der Waals surface area contributed by atoms with Crippen LogP contribution in [-0.2, 0) is 24.9 Å². The number of fused-ring (bicyclic) bond motifs is 1. The van der Waals surface area contributed by atoms with Crippen LogP contribution in [0.25, 0.3) is 27.4 Å². The van der Waals surface area contributed by atoms with Crippen molar-refractivity contribution >= 4 is 17.4 Å². The van der Waals surface area contributed by atoms with Crippen molar-refractivity contribution in [2.45, 2.75) is 31.9 Å². The van der Waals surface area contributed by atoms with Crippen molar-refractivity contribution in [2.75, 3.05) is 25.1 Å². The standard InChI is InChI=1S/C30H29N7O2/c1-31-10-11-39-17-19-4-5-21-16-37(30(38)25(21)12-19)28-14-22(13-27(34-28)20-6-7-20)24-9-8-23(32-2)15-26(24)29-35-33-18-36(29)3/h4-5,8-9,12-15,18,20,31H,6-7,10-11,16-17H2,1,3H3. The number of hydrogen-bond donors (Lipinski definition) is 1. The lowest BCUT2D eigenvalue weighted by Crippen LogP contribution is -2.24. The van der Waals surface area contributed by atoms with E-state index in [4.69, 9.17) is 16.3 Å². The number of amides is 1. The zero-order valence-electron chi connectivity index (χ0n) is 22.0. The van der Waals surface area contributed by atoms with Gasteiger partial charge in [0.1, 0.15) is 12.1 Å². The first-order valence-electron chi connectivity index (χ1n) is 13.1. The lowest BCUT2D eigenvalue weighted by molar-refractivity contribution is 0.0995. The maximum atomic E-state index is 13.6. The van der Waals surface area contributed by atoms with Crippen molar-refractivity contribution in [2.24, 2.45) is 7.05 Å². The molecule has 1 fully saturated rings. The molecule has 3 heterocycles. The van der Waals surface area contributed by atoms with E-state index >= 15 is 0 Å². The van der Waals surface area contributed by atoms with E-state index in [1.807, 2.05) is 61.1 Å². The number of anilines is 1. The van der Waals surface area contributed by atoms with Crippen molar-refractivity contribution in [3.63, 3.8) is 0 Å². The van der Waals surface area contributed by atoms with Crippen LogP contribution in [0.3, 0.4) is 0 Å². The van der Waals surface area contributed by atoms with Crippen LogP contribution in [-0.4, -0.2) is 45.9 Å². The molecule has 0 radical (unpaired) electrons. The Kier molecular flexibility index (Phi) is 6.65. The first-order valence-corrected chi connectivity index (χ1v) is 13.1. The van der Waals surface area contributed by atoms with E-state index in [1.54, 1.807) is 11.2 Å². The maximum absolute atomic E-state index is 13.6. The molecular formula is C30H29N7O2. The van der Waals surface area contributed by atoms with Crippen molar-refractivity contribution in [1.29, 1.82) is 0 Å². The second kappa shape index (κ2) is 10.4. The molecule has 1 aliphatic carbocycles. The van der Waals surface area contributed by atoms with Crippen LogP contribution in [0.4, 0.5) is 11.5 Å². The molecule has 2 aromatic heterocycles. The van der Waals surface area contributed by atoms with Gasteiger partial charge in [-0.1, -0.05) is 24.3 Å². The average molecular weight is 520 g/mol. The van der Waals surface area contributed by atoms with Gasteiger partial charge in [-0.25, -0.2) is 9.83 Å². The molecule has 1 aliphatic heterocycles. The number of aromatic nitrogens is 4. The Morgan fingerprint density at radius 1 is 1.10 bits per heavy atom. The van der Waals surface area contributed by atoms with Crippen molar-refractivity contribution in [1.82, 2.24) is 25.1 Å². The number of nitrogens with zero attached hydrogens (tertiary/aromatic N) is 6. The van der Waals surface area contributed by atoms with Crippen molar-refractivity contribution in [3.05, 3.63) is 88.7 Å². The van der Waals surface area contributed by atoms with Gasteiger partial charge in [0.2, 0.25) is 0 Å². The smallest absolute Gasteiger partial charge is 0.260 e. The highest BCUT2D eigenvalue weighted by Crippen LogP contribution is 2.43. The van der Waals surface area contributed by atoms with Crippen LogP contribution in [0.5, 0.6) is 0 Å². The number of benzene rings is 2. The lowest BCUT2D eigenvalue weighted by atomic mass is 9.97. The minimum atomic E-state index is -0.0506. The Hall–Kier alpha value is -4.39. The Balaban J connectivity index is 1.37. The van der Waals surface area contributed by atoms with Crippen LogP contribution in [0.2, 0.25) is 0 Å². The largest absolute Gasteiger partial charge is 0.375 e.